The second-order valence-corrected chi connectivity index (χ2v) is 5.39. The van der Waals surface area contributed by atoms with E-state index in [0.29, 0.717) is 0 Å². The number of benzene rings is 2. The van der Waals surface area contributed by atoms with E-state index in [0.717, 1.165) is 0 Å². The van der Waals surface area contributed by atoms with E-state index in [4.69, 9.17) is 0 Å². The molecule has 0 atom stereocenters. The smallest absolute Gasteiger partial charge is 0.0355 e. The highest BCUT2D eigenvalue weighted by Gasteiger charge is 2.02. The van der Waals surface area contributed by atoms with Crippen LogP contribution in [0.1, 0.15) is 25.8 Å². The molecule has 0 radical (unpaired) electrons. The molecular weight excluding hydrogens is 224 g/mol. The molecule has 0 amide bonds. The van der Waals surface area contributed by atoms with Crippen molar-refractivity contribution < 1.29 is 0 Å². The molecule has 0 bridgehead atoms. The van der Waals surface area contributed by atoms with Crippen molar-refractivity contribution in [3.8, 4) is 0 Å². The van der Waals surface area contributed by atoms with Crippen LogP contribution < -0.4 is 0 Å². The van der Waals surface area contributed by atoms with Crippen LogP contribution >= 0.6 is 11.3 Å². The Morgan fingerprint density at radius 2 is 1.53 bits per heavy atom. The molecule has 3 rings (SSSR count). The van der Waals surface area contributed by atoms with Gasteiger partial charge in [0.15, 0.2) is 0 Å². The largest absolute Gasteiger partial charge is 0.135 e. The third-order valence-corrected chi connectivity index (χ3v) is 3.68. The highest BCUT2D eigenvalue weighted by atomic mass is 32.1. The molecule has 0 aliphatic carbocycles. The Kier molecular flexibility index (Phi) is 3.80. The maximum absolute atomic E-state index is 2.27. The van der Waals surface area contributed by atoms with Gasteiger partial charge >= 0.3 is 0 Å². The fourth-order valence-corrected chi connectivity index (χ4v) is 2.93. The Bertz CT molecular complexity index is 620. The molecule has 1 heterocycles. The van der Waals surface area contributed by atoms with Crippen LogP contribution in [0.5, 0.6) is 0 Å². The third-order valence-electron chi connectivity index (χ3n) is 2.53. The van der Waals surface area contributed by atoms with Crippen molar-refractivity contribution in [2.75, 3.05) is 0 Å². The van der Waals surface area contributed by atoms with E-state index in [9.17, 15) is 0 Å². The molecule has 0 spiro atoms. The standard InChI is InChI=1S/C13H10S.C3H8/c1-9-6-7-13-11(8-9)10-4-2-3-5-12(10)14-13;1-3-2/h2-8H,1H3;3H2,1-2H3. The first-order valence-electron chi connectivity index (χ1n) is 6.14. The predicted molar refractivity (Wildman–Crippen MR) is 80.0 cm³/mol. The van der Waals surface area contributed by atoms with Gasteiger partial charge in [0, 0.05) is 20.2 Å². The number of aryl methyl sites for hydroxylation is 1. The molecule has 1 heteroatoms. The average molecular weight is 242 g/mol. The molecule has 88 valence electrons. The van der Waals surface area contributed by atoms with Crippen LogP contribution in [0.15, 0.2) is 42.5 Å². The van der Waals surface area contributed by atoms with Gasteiger partial charge < -0.3 is 0 Å². The van der Waals surface area contributed by atoms with Gasteiger partial charge in [-0.3, -0.25) is 0 Å². The third kappa shape index (κ3) is 2.50. The van der Waals surface area contributed by atoms with E-state index >= 15 is 0 Å². The van der Waals surface area contributed by atoms with E-state index in [1.807, 2.05) is 11.3 Å². The maximum Gasteiger partial charge on any atom is 0.0355 e. The minimum absolute atomic E-state index is 1.25. The number of thiophene rings is 1. The lowest BCUT2D eigenvalue weighted by atomic mass is 10.1. The van der Waals surface area contributed by atoms with Crippen molar-refractivity contribution in [2.45, 2.75) is 27.2 Å². The summed E-state index contributed by atoms with van der Waals surface area (Å²) in [6.45, 7) is 6.39. The molecule has 3 aromatic rings. The Labute approximate surface area is 107 Å². The first-order chi connectivity index (χ1) is 8.26. The highest BCUT2D eigenvalue weighted by molar-refractivity contribution is 7.25. The molecule has 0 saturated carbocycles. The van der Waals surface area contributed by atoms with Gasteiger partial charge in [0.2, 0.25) is 0 Å². The zero-order chi connectivity index (χ0) is 12.3. The zero-order valence-corrected chi connectivity index (χ0v) is 11.5. The Balaban J connectivity index is 0.000000329. The molecule has 1 aromatic heterocycles. The Morgan fingerprint density at radius 3 is 2.29 bits per heavy atom. The summed E-state index contributed by atoms with van der Waals surface area (Å²) in [5.74, 6) is 0. The van der Waals surface area contributed by atoms with Gasteiger partial charge in [0.25, 0.3) is 0 Å². The van der Waals surface area contributed by atoms with Crippen LogP contribution in [0.3, 0.4) is 0 Å². The van der Waals surface area contributed by atoms with Gasteiger partial charge in [0.05, 0.1) is 0 Å². The summed E-state index contributed by atoms with van der Waals surface area (Å²) >= 11 is 1.87. The van der Waals surface area contributed by atoms with Gasteiger partial charge in [-0.2, -0.15) is 0 Å². The normalized spacial score (nSPS) is 10.3. The SMILES string of the molecule is CCC.Cc1ccc2sc3ccccc3c2c1. The van der Waals surface area contributed by atoms with Crippen molar-refractivity contribution in [1.29, 1.82) is 0 Å². The molecule has 0 saturated heterocycles. The van der Waals surface area contributed by atoms with Crippen molar-refractivity contribution >= 4 is 31.5 Å². The summed E-state index contributed by atoms with van der Waals surface area (Å²) in [6, 6.07) is 15.3. The van der Waals surface area contributed by atoms with Crippen molar-refractivity contribution in [3.05, 3.63) is 48.0 Å². The summed E-state index contributed by atoms with van der Waals surface area (Å²) in [5.41, 5.74) is 1.33. The summed E-state index contributed by atoms with van der Waals surface area (Å²) < 4.78 is 2.77. The topological polar surface area (TPSA) is 0 Å². The van der Waals surface area contributed by atoms with Crippen molar-refractivity contribution in [1.82, 2.24) is 0 Å². The molecule has 0 fully saturated rings. The summed E-state index contributed by atoms with van der Waals surface area (Å²) in [5, 5.41) is 2.78. The number of rotatable bonds is 0. The maximum atomic E-state index is 2.27. The van der Waals surface area contributed by atoms with Gasteiger partial charge in [0.1, 0.15) is 0 Å². The average Bonchev–Trinajstić information content (AvgIpc) is 2.68. The van der Waals surface area contributed by atoms with Crippen molar-refractivity contribution in [2.24, 2.45) is 0 Å². The minimum Gasteiger partial charge on any atom is -0.135 e. The molecule has 0 nitrogen and oxygen atoms in total. The van der Waals surface area contributed by atoms with E-state index in [2.05, 4.69) is 63.2 Å². The Hall–Kier alpha value is -1.34. The fourth-order valence-electron chi connectivity index (χ4n) is 1.84. The number of fused-ring (bicyclic) bond motifs is 3. The number of hydrogen-bond donors (Lipinski definition) is 0. The second kappa shape index (κ2) is 5.33. The van der Waals surface area contributed by atoms with Crippen LogP contribution in [0, 0.1) is 6.92 Å². The summed E-state index contributed by atoms with van der Waals surface area (Å²) in [7, 11) is 0. The van der Waals surface area contributed by atoms with Crippen LogP contribution in [0.25, 0.3) is 20.2 Å². The van der Waals surface area contributed by atoms with Gasteiger partial charge in [-0.25, -0.2) is 0 Å². The van der Waals surface area contributed by atoms with Gasteiger partial charge in [-0.1, -0.05) is 50.1 Å². The van der Waals surface area contributed by atoms with Crippen molar-refractivity contribution in [3.63, 3.8) is 0 Å². The van der Waals surface area contributed by atoms with E-state index in [-0.39, 0.29) is 0 Å². The van der Waals surface area contributed by atoms with E-state index in [1.165, 1.54) is 32.2 Å². The molecule has 0 aliphatic heterocycles. The molecule has 17 heavy (non-hydrogen) atoms. The predicted octanol–water partition coefficient (Wildman–Crippen LogP) is 5.78. The fraction of sp³-hybridized carbons (Fsp3) is 0.250. The lowest BCUT2D eigenvalue weighted by Crippen LogP contribution is -1.69. The van der Waals surface area contributed by atoms with Crippen LogP contribution in [-0.2, 0) is 0 Å². The van der Waals surface area contributed by atoms with Gasteiger partial charge in [-0.05, 0) is 25.1 Å². The van der Waals surface area contributed by atoms with E-state index in [1.54, 1.807) is 0 Å². The molecule has 0 unspecified atom stereocenters. The molecule has 0 aliphatic rings. The zero-order valence-electron chi connectivity index (χ0n) is 10.7. The first-order valence-corrected chi connectivity index (χ1v) is 6.95. The van der Waals surface area contributed by atoms with Gasteiger partial charge in [-0.15, -0.1) is 11.3 Å². The first kappa shape index (κ1) is 12.1. The quantitative estimate of drug-likeness (QED) is 0.469. The minimum atomic E-state index is 1.25. The molecule has 2 aromatic carbocycles. The van der Waals surface area contributed by atoms with Crippen LogP contribution in [0.4, 0.5) is 0 Å². The van der Waals surface area contributed by atoms with Crippen LogP contribution in [-0.4, -0.2) is 0 Å². The lowest BCUT2D eigenvalue weighted by molar-refractivity contribution is 1.09. The monoisotopic (exact) mass is 242 g/mol. The lowest BCUT2D eigenvalue weighted by Gasteiger charge is -1.92. The molecule has 0 N–H and O–H groups in total. The summed E-state index contributed by atoms with van der Waals surface area (Å²) in [4.78, 5) is 0. The molecular formula is C16H18S. The summed E-state index contributed by atoms with van der Waals surface area (Å²) in [6.07, 6.45) is 1.25. The second-order valence-electron chi connectivity index (χ2n) is 4.30. The Morgan fingerprint density at radius 1 is 0.882 bits per heavy atom. The number of hydrogen-bond acceptors (Lipinski definition) is 1. The van der Waals surface area contributed by atoms with Crippen LogP contribution in [0.2, 0.25) is 0 Å². The highest BCUT2D eigenvalue weighted by Crippen LogP contribution is 2.33. The van der Waals surface area contributed by atoms with E-state index < -0.39 is 0 Å².